The zero-order chi connectivity index (χ0) is 12.4. The molecule has 0 fully saturated rings. The molecule has 1 aromatic heterocycles. The van der Waals surface area contributed by atoms with Gasteiger partial charge in [0.05, 0.1) is 23.7 Å². The summed E-state index contributed by atoms with van der Waals surface area (Å²) < 4.78 is 11.2. The van der Waals surface area contributed by atoms with Crippen LogP contribution in [0.2, 0.25) is 0 Å². The predicted molar refractivity (Wildman–Crippen MR) is 66.6 cm³/mol. The largest absolute Gasteiger partial charge is 0.495 e. The number of hydrogen-bond acceptors (Lipinski definition) is 5. The van der Waals surface area contributed by atoms with Crippen LogP contribution >= 0.6 is 15.9 Å². The molecule has 2 aromatic rings. The number of ether oxygens (including phenoxy) is 1. The molecule has 0 bridgehead atoms. The molecule has 6 heteroatoms. The lowest BCUT2D eigenvalue weighted by Gasteiger charge is -2.10. The third kappa shape index (κ3) is 2.18. The molecule has 0 aliphatic carbocycles. The van der Waals surface area contributed by atoms with Crippen molar-refractivity contribution in [3.8, 4) is 17.1 Å². The van der Waals surface area contributed by atoms with Crippen LogP contribution in [-0.4, -0.2) is 17.3 Å². The lowest BCUT2D eigenvalue weighted by molar-refractivity contribution is 0.379. The number of nitrogens with two attached hydrogens (primary N) is 1. The van der Waals surface area contributed by atoms with Gasteiger partial charge in [0.2, 0.25) is 11.7 Å². The number of methoxy groups -OCH3 is 1. The van der Waals surface area contributed by atoms with E-state index in [4.69, 9.17) is 15.0 Å². The van der Waals surface area contributed by atoms with Gasteiger partial charge in [-0.15, -0.1) is 0 Å². The zero-order valence-corrected chi connectivity index (χ0v) is 11.1. The topological polar surface area (TPSA) is 74.2 Å². The lowest BCUT2D eigenvalue weighted by atomic mass is 10.1. The zero-order valence-electron chi connectivity index (χ0n) is 9.53. The summed E-state index contributed by atoms with van der Waals surface area (Å²) in [5, 5.41) is 3.90. The first-order valence-electron chi connectivity index (χ1n) is 5.03. The maximum absolute atomic E-state index is 5.44. The second-order valence-corrected chi connectivity index (χ2v) is 4.34. The van der Waals surface area contributed by atoms with Gasteiger partial charge in [0.25, 0.3) is 0 Å². The van der Waals surface area contributed by atoms with E-state index in [1.54, 1.807) is 7.11 Å². The van der Waals surface area contributed by atoms with Gasteiger partial charge in [0, 0.05) is 0 Å². The molecule has 0 aliphatic heterocycles. The number of aryl methyl sites for hydroxylation is 1. The standard InChI is InChI=1S/C11H12BrN3O2/c1-6-3-4-7(12)10(16-2)9(6)11-14-8(5-13)17-15-11/h3-4H,5,13H2,1-2H3. The minimum Gasteiger partial charge on any atom is -0.495 e. The monoisotopic (exact) mass is 297 g/mol. The van der Waals surface area contributed by atoms with E-state index in [2.05, 4.69) is 26.1 Å². The van der Waals surface area contributed by atoms with Crippen LogP contribution in [0.1, 0.15) is 11.5 Å². The van der Waals surface area contributed by atoms with E-state index in [1.165, 1.54) is 0 Å². The van der Waals surface area contributed by atoms with E-state index in [0.717, 1.165) is 15.6 Å². The predicted octanol–water partition coefficient (Wildman–Crippen LogP) is 2.27. The van der Waals surface area contributed by atoms with Crippen molar-refractivity contribution in [3.05, 3.63) is 28.1 Å². The van der Waals surface area contributed by atoms with Gasteiger partial charge in [0.15, 0.2) is 0 Å². The van der Waals surface area contributed by atoms with Crippen molar-refractivity contribution in [2.45, 2.75) is 13.5 Å². The third-order valence-electron chi connectivity index (χ3n) is 2.39. The van der Waals surface area contributed by atoms with Crippen molar-refractivity contribution in [1.29, 1.82) is 0 Å². The summed E-state index contributed by atoms with van der Waals surface area (Å²) in [5.41, 5.74) is 7.26. The molecule has 90 valence electrons. The molecule has 0 radical (unpaired) electrons. The van der Waals surface area contributed by atoms with Crippen LogP contribution in [0.5, 0.6) is 5.75 Å². The Labute approximate surface area is 107 Å². The lowest BCUT2D eigenvalue weighted by Crippen LogP contribution is -1.97. The molecule has 0 saturated heterocycles. The van der Waals surface area contributed by atoms with Gasteiger partial charge < -0.3 is 15.0 Å². The molecular formula is C11H12BrN3O2. The Kier molecular flexibility index (Phi) is 3.44. The molecule has 0 amide bonds. The first kappa shape index (κ1) is 12.1. The molecule has 2 rings (SSSR count). The van der Waals surface area contributed by atoms with Crippen LogP contribution < -0.4 is 10.5 Å². The van der Waals surface area contributed by atoms with Crippen molar-refractivity contribution < 1.29 is 9.26 Å². The van der Waals surface area contributed by atoms with Crippen molar-refractivity contribution >= 4 is 15.9 Å². The second-order valence-electron chi connectivity index (χ2n) is 3.49. The minimum atomic E-state index is 0.225. The SMILES string of the molecule is COc1c(Br)ccc(C)c1-c1noc(CN)n1. The highest BCUT2D eigenvalue weighted by atomic mass is 79.9. The first-order valence-corrected chi connectivity index (χ1v) is 5.82. The molecule has 1 aromatic carbocycles. The molecule has 0 unspecified atom stereocenters. The smallest absolute Gasteiger partial charge is 0.240 e. The molecule has 2 N–H and O–H groups in total. The van der Waals surface area contributed by atoms with Crippen molar-refractivity contribution in [2.24, 2.45) is 5.73 Å². The Hall–Kier alpha value is -1.40. The maximum Gasteiger partial charge on any atom is 0.240 e. The Balaban J connectivity index is 2.60. The van der Waals surface area contributed by atoms with Crippen LogP contribution in [0.25, 0.3) is 11.4 Å². The normalized spacial score (nSPS) is 10.6. The quantitative estimate of drug-likeness (QED) is 0.941. The van der Waals surface area contributed by atoms with Crippen molar-refractivity contribution in [2.75, 3.05) is 7.11 Å². The van der Waals surface area contributed by atoms with E-state index in [-0.39, 0.29) is 6.54 Å². The number of hydrogen-bond donors (Lipinski definition) is 1. The van der Waals surface area contributed by atoms with Crippen LogP contribution in [0.3, 0.4) is 0 Å². The Morgan fingerprint density at radius 1 is 1.47 bits per heavy atom. The van der Waals surface area contributed by atoms with Gasteiger partial charge in [-0.1, -0.05) is 11.2 Å². The van der Waals surface area contributed by atoms with E-state index >= 15 is 0 Å². The maximum atomic E-state index is 5.44. The molecule has 0 atom stereocenters. The summed E-state index contributed by atoms with van der Waals surface area (Å²) in [7, 11) is 1.60. The fourth-order valence-corrected chi connectivity index (χ4v) is 2.06. The fourth-order valence-electron chi connectivity index (χ4n) is 1.57. The van der Waals surface area contributed by atoms with Gasteiger partial charge in [-0.25, -0.2) is 0 Å². The molecule has 17 heavy (non-hydrogen) atoms. The van der Waals surface area contributed by atoms with E-state index in [1.807, 2.05) is 19.1 Å². The first-order chi connectivity index (χ1) is 8.17. The molecule has 0 aliphatic rings. The number of aromatic nitrogens is 2. The highest BCUT2D eigenvalue weighted by molar-refractivity contribution is 9.10. The van der Waals surface area contributed by atoms with Crippen LogP contribution in [-0.2, 0) is 6.54 Å². The Morgan fingerprint density at radius 3 is 2.82 bits per heavy atom. The average molecular weight is 298 g/mol. The fraction of sp³-hybridized carbons (Fsp3) is 0.273. The summed E-state index contributed by atoms with van der Waals surface area (Å²) in [4.78, 5) is 4.21. The van der Waals surface area contributed by atoms with Gasteiger partial charge in [-0.3, -0.25) is 0 Å². The summed E-state index contributed by atoms with van der Waals surface area (Å²) >= 11 is 3.43. The molecule has 0 saturated carbocycles. The van der Waals surface area contributed by atoms with E-state index < -0.39 is 0 Å². The minimum absolute atomic E-state index is 0.225. The summed E-state index contributed by atoms with van der Waals surface area (Å²) in [5.74, 6) is 1.58. The van der Waals surface area contributed by atoms with Crippen LogP contribution in [0.15, 0.2) is 21.1 Å². The Morgan fingerprint density at radius 2 is 2.24 bits per heavy atom. The summed E-state index contributed by atoms with van der Waals surface area (Å²) in [6.07, 6.45) is 0. The van der Waals surface area contributed by atoms with Gasteiger partial charge in [-0.2, -0.15) is 4.98 Å². The van der Waals surface area contributed by atoms with Gasteiger partial charge in [0.1, 0.15) is 5.75 Å². The van der Waals surface area contributed by atoms with E-state index in [0.29, 0.717) is 17.5 Å². The molecule has 0 spiro atoms. The number of nitrogens with zero attached hydrogens (tertiary/aromatic N) is 2. The van der Waals surface area contributed by atoms with Crippen LogP contribution in [0, 0.1) is 6.92 Å². The van der Waals surface area contributed by atoms with Crippen molar-refractivity contribution in [3.63, 3.8) is 0 Å². The number of rotatable bonds is 3. The van der Waals surface area contributed by atoms with E-state index in [9.17, 15) is 0 Å². The van der Waals surface area contributed by atoms with Gasteiger partial charge >= 0.3 is 0 Å². The van der Waals surface area contributed by atoms with Crippen LogP contribution in [0.4, 0.5) is 0 Å². The highest BCUT2D eigenvalue weighted by Crippen LogP contribution is 2.37. The highest BCUT2D eigenvalue weighted by Gasteiger charge is 2.17. The summed E-state index contributed by atoms with van der Waals surface area (Å²) in [6, 6.07) is 3.88. The number of benzene rings is 1. The average Bonchev–Trinajstić information content (AvgIpc) is 2.80. The second kappa shape index (κ2) is 4.85. The molecule has 5 nitrogen and oxygen atoms in total. The summed E-state index contributed by atoms with van der Waals surface area (Å²) in [6.45, 7) is 2.19. The Bertz CT molecular complexity index is 540. The third-order valence-corrected chi connectivity index (χ3v) is 3.01. The van der Waals surface area contributed by atoms with Gasteiger partial charge in [-0.05, 0) is 34.5 Å². The number of halogens is 1. The van der Waals surface area contributed by atoms with Crippen molar-refractivity contribution in [1.82, 2.24) is 10.1 Å². The molecular weight excluding hydrogens is 286 g/mol. The molecule has 1 heterocycles.